The van der Waals surface area contributed by atoms with Crippen LogP contribution in [0.3, 0.4) is 0 Å². The lowest BCUT2D eigenvalue weighted by Crippen LogP contribution is -2.19. The average Bonchev–Trinajstić information content (AvgIpc) is 3.16. The molecule has 0 saturated carbocycles. The van der Waals surface area contributed by atoms with Crippen LogP contribution in [0.5, 0.6) is 5.75 Å². The van der Waals surface area contributed by atoms with Crippen molar-refractivity contribution in [1.29, 1.82) is 0 Å². The number of aliphatic imine (C=N–C) groups is 1. The number of carbonyl (C=O) groups excluding carboxylic acids is 1. The Bertz CT molecular complexity index is 1190. The van der Waals surface area contributed by atoms with Crippen LogP contribution in [0.1, 0.15) is 22.3 Å². The topological polar surface area (TPSA) is 50.7 Å². The molecule has 1 aliphatic heterocycles. The number of amidine groups is 1. The summed E-state index contributed by atoms with van der Waals surface area (Å²) < 4.78 is 43.8. The van der Waals surface area contributed by atoms with E-state index in [1.54, 1.807) is 6.08 Å². The fourth-order valence-corrected chi connectivity index (χ4v) is 3.87. The van der Waals surface area contributed by atoms with E-state index < -0.39 is 11.7 Å². The van der Waals surface area contributed by atoms with Crippen molar-refractivity contribution in [3.8, 4) is 5.75 Å². The highest BCUT2D eigenvalue weighted by molar-refractivity contribution is 8.18. The number of halogens is 3. The summed E-state index contributed by atoms with van der Waals surface area (Å²) in [7, 11) is 0. The lowest BCUT2D eigenvalue weighted by atomic mass is 10.1. The zero-order chi connectivity index (χ0) is 23.3. The van der Waals surface area contributed by atoms with E-state index in [0.717, 1.165) is 23.3 Å². The summed E-state index contributed by atoms with van der Waals surface area (Å²) >= 11 is 1.19. The highest BCUT2D eigenvalue weighted by Gasteiger charge is 2.30. The van der Waals surface area contributed by atoms with Crippen LogP contribution in [-0.2, 0) is 24.1 Å². The minimum atomic E-state index is -4.37. The highest BCUT2D eigenvalue weighted by atomic mass is 32.2. The standard InChI is InChI=1S/C25H19F3N2O2S/c26-25(27,28)20-11-9-17(10-12-20)15-29-24-30-23(31)22(33-24)14-19-7-4-8-21(13-19)32-16-18-5-2-1-3-6-18/h1-14H,15-16H2,(H,29,30,31). The van der Waals surface area contributed by atoms with Crippen LogP contribution in [0.25, 0.3) is 6.08 Å². The molecule has 0 radical (unpaired) electrons. The third-order valence-electron chi connectivity index (χ3n) is 4.74. The maximum atomic E-state index is 12.7. The first-order valence-corrected chi connectivity index (χ1v) is 10.9. The largest absolute Gasteiger partial charge is 0.489 e. The molecule has 1 aliphatic rings. The molecule has 8 heteroatoms. The normalized spacial score (nSPS) is 16.3. The van der Waals surface area contributed by atoms with E-state index in [1.807, 2.05) is 54.6 Å². The van der Waals surface area contributed by atoms with Crippen LogP contribution >= 0.6 is 11.8 Å². The van der Waals surface area contributed by atoms with Gasteiger partial charge in [0.15, 0.2) is 5.17 Å². The zero-order valence-corrected chi connectivity index (χ0v) is 18.1. The Morgan fingerprint density at radius 2 is 1.70 bits per heavy atom. The number of rotatable bonds is 6. The van der Waals surface area contributed by atoms with Crippen molar-refractivity contribution >= 4 is 28.9 Å². The van der Waals surface area contributed by atoms with E-state index in [9.17, 15) is 18.0 Å². The lowest BCUT2D eigenvalue weighted by Gasteiger charge is -2.07. The predicted molar refractivity (Wildman–Crippen MR) is 124 cm³/mol. The van der Waals surface area contributed by atoms with Crippen molar-refractivity contribution in [3.63, 3.8) is 0 Å². The number of hydrogen-bond acceptors (Lipinski definition) is 4. The summed E-state index contributed by atoms with van der Waals surface area (Å²) in [6.07, 6.45) is -2.63. The number of nitrogens with one attached hydrogen (secondary N) is 1. The van der Waals surface area contributed by atoms with Crippen molar-refractivity contribution in [2.45, 2.75) is 19.3 Å². The van der Waals surface area contributed by atoms with Gasteiger partial charge in [-0.25, -0.2) is 0 Å². The molecule has 0 spiro atoms. The number of carbonyl (C=O) groups is 1. The van der Waals surface area contributed by atoms with Crippen LogP contribution in [0.4, 0.5) is 13.2 Å². The van der Waals surface area contributed by atoms with Gasteiger partial charge in [-0.1, -0.05) is 54.6 Å². The summed E-state index contributed by atoms with van der Waals surface area (Å²) in [5.74, 6) is 0.412. The van der Waals surface area contributed by atoms with Gasteiger partial charge in [0, 0.05) is 0 Å². The number of nitrogens with zero attached hydrogens (tertiary/aromatic N) is 1. The van der Waals surface area contributed by atoms with Crippen molar-refractivity contribution in [2.75, 3.05) is 0 Å². The van der Waals surface area contributed by atoms with Gasteiger partial charge in [0.05, 0.1) is 17.0 Å². The first-order chi connectivity index (χ1) is 15.9. The van der Waals surface area contributed by atoms with Gasteiger partial charge in [0.25, 0.3) is 5.91 Å². The third-order valence-corrected chi connectivity index (χ3v) is 5.69. The van der Waals surface area contributed by atoms with Crippen LogP contribution in [0.15, 0.2) is 88.8 Å². The maximum absolute atomic E-state index is 12.7. The molecule has 3 aromatic rings. The third kappa shape index (κ3) is 6.26. The summed E-state index contributed by atoms with van der Waals surface area (Å²) in [5, 5.41) is 3.09. The van der Waals surface area contributed by atoms with Crippen molar-refractivity contribution < 1.29 is 22.7 Å². The van der Waals surface area contributed by atoms with Crippen LogP contribution in [0.2, 0.25) is 0 Å². The Balaban J connectivity index is 1.39. The number of thioether (sulfide) groups is 1. The minimum Gasteiger partial charge on any atom is -0.489 e. The highest BCUT2D eigenvalue weighted by Crippen LogP contribution is 2.30. The molecule has 1 N–H and O–H groups in total. The molecule has 168 valence electrons. The fraction of sp³-hybridized carbons (Fsp3) is 0.120. The molecule has 1 heterocycles. The molecule has 0 aliphatic carbocycles. The van der Waals surface area contributed by atoms with Crippen molar-refractivity contribution in [3.05, 3.63) is 106 Å². The Hall–Kier alpha value is -3.52. The Kier molecular flexibility index (Phi) is 6.84. The number of ether oxygens (including phenoxy) is 1. The Labute approximate surface area is 193 Å². The quantitative estimate of drug-likeness (QED) is 0.449. The minimum absolute atomic E-state index is 0.164. The molecule has 0 bridgehead atoms. The smallest absolute Gasteiger partial charge is 0.416 e. The second-order valence-corrected chi connectivity index (χ2v) is 8.26. The second kappa shape index (κ2) is 9.95. The van der Waals surface area contributed by atoms with Crippen molar-refractivity contribution in [2.24, 2.45) is 4.99 Å². The summed E-state index contributed by atoms with van der Waals surface area (Å²) in [6.45, 7) is 0.605. The van der Waals surface area contributed by atoms with E-state index in [2.05, 4.69) is 10.3 Å². The van der Waals surface area contributed by atoms with E-state index in [0.29, 0.717) is 28.0 Å². The first-order valence-electron chi connectivity index (χ1n) is 10.0. The summed E-state index contributed by atoms with van der Waals surface area (Å²) in [5.41, 5.74) is 1.77. The van der Waals surface area contributed by atoms with Crippen molar-refractivity contribution in [1.82, 2.24) is 5.32 Å². The molecule has 1 saturated heterocycles. The monoisotopic (exact) mass is 468 g/mol. The van der Waals surface area contributed by atoms with Crippen LogP contribution in [-0.4, -0.2) is 11.1 Å². The number of amides is 1. The molecule has 0 unspecified atom stereocenters. The molecule has 1 amide bonds. The van der Waals surface area contributed by atoms with Crippen LogP contribution in [0, 0.1) is 0 Å². The molecule has 0 atom stereocenters. The van der Waals surface area contributed by atoms with Gasteiger partial charge in [-0.05, 0) is 58.8 Å². The van der Waals surface area contributed by atoms with E-state index in [-0.39, 0.29) is 12.5 Å². The molecule has 0 aromatic heterocycles. The van der Waals surface area contributed by atoms with Gasteiger partial charge >= 0.3 is 6.18 Å². The molecular weight excluding hydrogens is 449 g/mol. The Morgan fingerprint density at radius 3 is 2.42 bits per heavy atom. The average molecular weight is 469 g/mol. The molecule has 3 aromatic carbocycles. The van der Waals surface area contributed by atoms with Gasteiger partial charge in [-0.2, -0.15) is 13.2 Å². The Morgan fingerprint density at radius 1 is 0.939 bits per heavy atom. The number of alkyl halides is 3. The second-order valence-electron chi connectivity index (χ2n) is 7.23. The van der Waals surface area contributed by atoms with E-state index in [1.165, 1.54) is 23.9 Å². The number of hydrogen-bond donors (Lipinski definition) is 1. The molecule has 1 fully saturated rings. The zero-order valence-electron chi connectivity index (χ0n) is 17.3. The molecule has 4 nitrogen and oxygen atoms in total. The fourth-order valence-electron chi connectivity index (χ4n) is 3.05. The SMILES string of the molecule is O=C1NC(=NCc2ccc(C(F)(F)F)cc2)SC1=Cc1cccc(OCc2ccccc2)c1. The maximum Gasteiger partial charge on any atom is 0.416 e. The van der Waals surface area contributed by atoms with E-state index >= 15 is 0 Å². The predicted octanol–water partition coefficient (Wildman–Crippen LogP) is 6.04. The molecule has 33 heavy (non-hydrogen) atoms. The molecular formula is C25H19F3N2O2S. The first kappa shape index (κ1) is 22.7. The van der Waals surface area contributed by atoms with Gasteiger partial charge < -0.3 is 10.1 Å². The molecule has 4 rings (SSSR count). The number of benzene rings is 3. The van der Waals surface area contributed by atoms with Gasteiger partial charge in [-0.15, -0.1) is 0 Å². The van der Waals surface area contributed by atoms with Crippen LogP contribution < -0.4 is 10.1 Å². The lowest BCUT2D eigenvalue weighted by molar-refractivity contribution is -0.137. The van der Waals surface area contributed by atoms with Gasteiger partial charge in [0.2, 0.25) is 0 Å². The van der Waals surface area contributed by atoms with Gasteiger partial charge in [-0.3, -0.25) is 9.79 Å². The van der Waals surface area contributed by atoms with E-state index in [4.69, 9.17) is 4.74 Å². The summed E-state index contributed by atoms with van der Waals surface area (Å²) in [6, 6.07) is 22.0. The van der Waals surface area contributed by atoms with Gasteiger partial charge in [0.1, 0.15) is 12.4 Å². The summed E-state index contributed by atoms with van der Waals surface area (Å²) in [4.78, 5) is 17.1.